The van der Waals surface area contributed by atoms with E-state index in [-0.39, 0.29) is 24.4 Å². The van der Waals surface area contributed by atoms with Gasteiger partial charge in [0.2, 0.25) is 0 Å². The summed E-state index contributed by atoms with van der Waals surface area (Å²) in [7, 11) is 1.92. The van der Waals surface area contributed by atoms with Crippen LogP contribution in [0.1, 0.15) is 56.6 Å². The van der Waals surface area contributed by atoms with E-state index >= 15 is 0 Å². The average molecular weight is 413 g/mol. The van der Waals surface area contributed by atoms with Crippen LogP contribution in [0.25, 0.3) is 0 Å². The highest BCUT2D eigenvalue weighted by molar-refractivity contribution is 5.93. The number of nitrogens with one attached hydrogen (secondary N) is 3. The Morgan fingerprint density at radius 3 is 2.03 bits per heavy atom. The Bertz CT molecular complexity index is 763. The van der Waals surface area contributed by atoms with Crippen LogP contribution in [0.4, 0.5) is 5.69 Å². The third-order valence-electron chi connectivity index (χ3n) is 8.05. The SMILES string of the molecule is Cc1cccc(C)c1NC(=O)C[NH+](C)CC(=O)N[C@@H](C)C12CC3CC(CC(C3)C1)C2. The molecule has 0 radical (unpaired) electrons. The number of hydrogen-bond acceptors (Lipinski definition) is 2. The summed E-state index contributed by atoms with van der Waals surface area (Å²) >= 11 is 0. The van der Waals surface area contributed by atoms with Gasteiger partial charge in [0.25, 0.3) is 11.8 Å². The van der Waals surface area contributed by atoms with Crippen LogP contribution in [0.15, 0.2) is 18.2 Å². The molecule has 164 valence electrons. The number of para-hydroxylation sites is 1. The first-order valence-electron chi connectivity index (χ1n) is 11.7. The van der Waals surface area contributed by atoms with E-state index in [4.69, 9.17) is 0 Å². The summed E-state index contributed by atoms with van der Waals surface area (Å²) < 4.78 is 0. The summed E-state index contributed by atoms with van der Waals surface area (Å²) in [4.78, 5) is 26.1. The second-order valence-corrected chi connectivity index (χ2v) is 10.7. The van der Waals surface area contributed by atoms with Crippen molar-refractivity contribution < 1.29 is 14.5 Å². The first-order chi connectivity index (χ1) is 14.2. The second-order valence-electron chi connectivity index (χ2n) is 10.7. The Hall–Kier alpha value is -1.88. The third-order valence-corrected chi connectivity index (χ3v) is 8.05. The van der Waals surface area contributed by atoms with Gasteiger partial charge in [-0.25, -0.2) is 0 Å². The largest absolute Gasteiger partial charge is 0.348 e. The number of anilines is 1. The molecular weight excluding hydrogens is 374 g/mol. The number of hydrogen-bond donors (Lipinski definition) is 3. The lowest BCUT2D eigenvalue weighted by Crippen LogP contribution is -3.11. The number of amides is 2. The zero-order valence-corrected chi connectivity index (χ0v) is 19.0. The summed E-state index contributed by atoms with van der Waals surface area (Å²) in [6, 6.07) is 6.22. The van der Waals surface area contributed by atoms with Crippen molar-refractivity contribution in [1.29, 1.82) is 0 Å². The van der Waals surface area contributed by atoms with Crippen LogP contribution < -0.4 is 15.5 Å². The molecule has 0 spiro atoms. The zero-order chi connectivity index (χ0) is 21.5. The van der Waals surface area contributed by atoms with E-state index in [0.29, 0.717) is 12.0 Å². The molecule has 4 aliphatic rings. The maximum absolute atomic E-state index is 12.7. The molecular formula is C25H38N3O2+. The van der Waals surface area contributed by atoms with Gasteiger partial charge in [0.1, 0.15) is 0 Å². The van der Waals surface area contributed by atoms with Crippen molar-refractivity contribution in [3.63, 3.8) is 0 Å². The van der Waals surface area contributed by atoms with Crippen molar-refractivity contribution in [2.45, 2.75) is 65.3 Å². The number of carbonyl (C=O) groups excluding carboxylic acids is 2. The van der Waals surface area contributed by atoms with Gasteiger partial charge in [0.05, 0.1) is 7.05 Å². The Morgan fingerprint density at radius 2 is 1.50 bits per heavy atom. The van der Waals surface area contributed by atoms with Gasteiger partial charge in [-0.2, -0.15) is 0 Å². The molecule has 3 N–H and O–H groups in total. The van der Waals surface area contributed by atoms with Crippen LogP contribution in [0.5, 0.6) is 0 Å². The summed E-state index contributed by atoms with van der Waals surface area (Å²) in [5, 5.41) is 6.34. The first-order valence-corrected chi connectivity index (χ1v) is 11.7. The summed E-state index contributed by atoms with van der Waals surface area (Å²) in [6.07, 6.45) is 8.14. The van der Waals surface area contributed by atoms with E-state index in [1.165, 1.54) is 38.5 Å². The van der Waals surface area contributed by atoms with Gasteiger partial charge in [-0.15, -0.1) is 0 Å². The predicted octanol–water partition coefficient (Wildman–Crippen LogP) is 2.48. The van der Waals surface area contributed by atoms with Crippen LogP contribution in [-0.4, -0.2) is 38.0 Å². The fourth-order valence-corrected chi connectivity index (χ4v) is 6.96. The number of rotatable bonds is 7. The van der Waals surface area contributed by atoms with E-state index in [0.717, 1.165) is 39.5 Å². The molecule has 4 fully saturated rings. The minimum atomic E-state index is -0.0492. The quantitative estimate of drug-likeness (QED) is 0.644. The molecule has 5 heteroatoms. The lowest BCUT2D eigenvalue weighted by Gasteiger charge is -2.59. The Labute approximate surface area is 181 Å². The number of quaternary nitrogens is 1. The summed E-state index contributed by atoms with van der Waals surface area (Å²) in [5.41, 5.74) is 3.32. The third kappa shape index (κ3) is 4.41. The molecule has 0 heterocycles. The maximum Gasteiger partial charge on any atom is 0.279 e. The van der Waals surface area contributed by atoms with Crippen molar-refractivity contribution in [1.82, 2.24) is 5.32 Å². The first kappa shape index (κ1) is 21.4. The highest BCUT2D eigenvalue weighted by Crippen LogP contribution is 2.61. The van der Waals surface area contributed by atoms with E-state index in [1.807, 2.05) is 39.1 Å². The summed E-state index contributed by atoms with van der Waals surface area (Å²) in [5.74, 6) is 2.68. The molecule has 4 saturated carbocycles. The van der Waals surface area contributed by atoms with Gasteiger partial charge in [-0.1, -0.05) is 18.2 Å². The lowest BCUT2D eigenvalue weighted by atomic mass is 9.48. The zero-order valence-electron chi connectivity index (χ0n) is 19.0. The van der Waals surface area contributed by atoms with Gasteiger partial charge in [-0.3, -0.25) is 9.59 Å². The monoisotopic (exact) mass is 412 g/mol. The standard InChI is InChI=1S/C25H37N3O2/c1-16-6-5-7-17(2)24(16)27-23(30)15-28(4)14-22(29)26-18(3)25-11-19-8-20(12-25)10-21(9-19)13-25/h5-7,18-21H,8-15H2,1-4H3,(H,26,29)(H,27,30)/p+1/t18-,19?,20?,21?,25?/m0/s1. The van der Waals surface area contributed by atoms with Gasteiger partial charge >= 0.3 is 0 Å². The van der Waals surface area contributed by atoms with Crippen LogP contribution >= 0.6 is 0 Å². The van der Waals surface area contributed by atoms with Crippen LogP contribution in [-0.2, 0) is 9.59 Å². The molecule has 0 saturated heterocycles. The van der Waals surface area contributed by atoms with Gasteiger partial charge < -0.3 is 15.5 Å². The molecule has 2 atom stereocenters. The normalized spacial score (nSPS) is 31.3. The van der Waals surface area contributed by atoms with Crippen molar-refractivity contribution in [2.75, 3.05) is 25.5 Å². The lowest BCUT2D eigenvalue weighted by molar-refractivity contribution is -0.862. The maximum atomic E-state index is 12.7. The minimum absolute atomic E-state index is 0.0492. The molecule has 1 aromatic carbocycles. The molecule has 0 aromatic heterocycles. The van der Waals surface area contributed by atoms with Crippen LogP contribution in [0.2, 0.25) is 0 Å². The highest BCUT2D eigenvalue weighted by Gasteiger charge is 2.53. The van der Waals surface area contributed by atoms with E-state index in [1.54, 1.807) is 0 Å². The molecule has 4 aliphatic carbocycles. The molecule has 0 aliphatic heterocycles. The van der Waals surface area contributed by atoms with Crippen LogP contribution in [0, 0.1) is 37.0 Å². The van der Waals surface area contributed by atoms with Crippen molar-refractivity contribution in [2.24, 2.45) is 23.2 Å². The minimum Gasteiger partial charge on any atom is -0.348 e. The molecule has 2 amide bonds. The topological polar surface area (TPSA) is 62.6 Å². The molecule has 1 aromatic rings. The smallest absolute Gasteiger partial charge is 0.279 e. The van der Waals surface area contributed by atoms with E-state index in [2.05, 4.69) is 17.6 Å². The van der Waals surface area contributed by atoms with Crippen LogP contribution in [0.3, 0.4) is 0 Å². The number of likely N-dealkylation sites (N-methyl/N-ethyl adjacent to an activating group) is 1. The molecule has 4 bridgehead atoms. The number of carbonyl (C=O) groups is 2. The summed E-state index contributed by atoms with van der Waals surface area (Å²) in [6.45, 7) is 6.83. The fraction of sp³-hybridized carbons (Fsp3) is 0.680. The van der Waals surface area contributed by atoms with Gasteiger partial charge in [-0.05, 0) is 93.6 Å². The van der Waals surface area contributed by atoms with Crippen molar-refractivity contribution in [3.8, 4) is 0 Å². The van der Waals surface area contributed by atoms with E-state index < -0.39 is 0 Å². The number of aryl methyl sites for hydroxylation is 2. The highest BCUT2D eigenvalue weighted by atomic mass is 16.2. The molecule has 5 rings (SSSR count). The Balaban J connectivity index is 1.27. The van der Waals surface area contributed by atoms with Crippen molar-refractivity contribution >= 4 is 17.5 Å². The Kier molecular flexibility index (Phi) is 5.93. The van der Waals surface area contributed by atoms with Gasteiger partial charge in [0, 0.05) is 11.7 Å². The van der Waals surface area contributed by atoms with E-state index in [9.17, 15) is 9.59 Å². The molecule has 1 unspecified atom stereocenters. The second kappa shape index (κ2) is 8.33. The fourth-order valence-electron chi connectivity index (χ4n) is 6.96. The molecule has 30 heavy (non-hydrogen) atoms. The van der Waals surface area contributed by atoms with Gasteiger partial charge in [0.15, 0.2) is 13.1 Å². The Morgan fingerprint density at radius 1 is 1.00 bits per heavy atom. The average Bonchev–Trinajstić information content (AvgIpc) is 2.63. The number of benzene rings is 1. The van der Waals surface area contributed by atoms with Crippen molar-refractivity contribution in [3.05, 3.63) is 29.3 Å². The predicted molar refractivity (Wildman–Crippen MR) is 119 cm³/mol. The molecule has 5 nitrogen and oxygen atoms in total.